The molecule has 1 aliphatic heterocycles. The molecule has 3 heterocycles. The average molecular weight is 991 g/mol. The van der Waals surface area contributed by atoms with Gasteiger partial charge in [0, 0.05) is 0 Å². The standard InChI is InChI=1S/C52H41N4OPS.Os/c1-4-21-39-34-57-35-40(39)33-45(36(3)58(41-27-15-8-16-28-41,42-29-17-9-18-30-42)43-31-19-10-20-32-43)46-51-49(44(22-5-2)50-52(46)56-59-55-50)53-47(37-23-11-6-12-24-37)48(54-51)38-25-13-7-14-26-38;/h5-33H,4,34-35H2,1-2H3;/q+1;/b22-5+,39-21?,40-33?,45-36?;. The molecule has 0 atom stereocenters. The molecule has 1 aliphatic rings. The number of rotatable bonds is 10. The molecule has 8 heteroatoms. The van der Waals surface area contributed by atoms with Gasteiger partial charge in [0.15, 0.2) is 0 Å². The molecule has 60 heavy (non-hydrogen) atoms. The molecule has 2 aromatic heterocycles. The van der Waals surface area contributed by atoms with E-state index >= 15 is 0 Å². The van der Waals surface area contributed by atoms with Crippen LogP contribution in [-0.2, 0) is 22.7 Å². The van der Waals surface area contributed by atoms with E-state index in [0.29, 0.717) is 13.2 Å². The Morgan fingerprint density at radius 3 is 1.63 bits per heavy atom. The van der Waals surface area contributed by atoms with Crippen LogP contribution in [0.5, 0.6) is 0 Å². The fourth-order valence-corrected chi connectivity index (χ4v) is 14.6. The SMILES string of the molecule is C/C=C/c1c2nsnc2c(C(C=C2COCC2=CCC)=C([C]#[Os])[P+](c2ccccc2)(c2ccccc2)c2ccccc2)c2nc(-c3ccccc3)c(-c3ccccc3)nc12. The third-order valence-corrected chi connectivity index (χ3v) is 16.8. The second kappa shape index (κ2) is 17.8. The molecule has 293 valence electrons. The van der Waals surface area contributed by atoms with Crippen molar-refractivity contribution in [3.63, 3.8) is 0 Å². The van der Waals surface area contributed by atoms with Gasteiger partial charge in [-0.25, -0.2) is 0 Å². The van der Waals surface area contributed by atoms with E-state index in [0.717, 1.165) is 78.6 Å². The average Bonchev–Trinajstić information content (AvgIpc) is 3.99. The summed E-state index contributed by atoms with van der Waals surface area (Å²) in [6.45, 7) is 5.27. The summed E-state index contributed by atoms with van der Waals surface area (Å²) in [5.41, 5.74) is 11.8. The third-order valence-electron chi connectivity index (χ3n) is 10.9. The van der Waals surface area contributed by atoms with Gasteiger partial charge in [-0.2, -0.15) is 0 Å². The first-order valence-corrected chi connectivity index (χ1v) is 23.8. The molecule has 1 saturated heterocycles. The van der Waals surface area contributed by atoms with Crippen LogP contribution in [-0.4, -0.2) is 31.9 Å². The first-order chi connectivity index (χ1) is 29.7. The quantitative estimate of drug-likeness (QED) is 0.128. The van der Waals surface area contributed by atoms with Crippen LogP contribution in [0.4, 0.5) is 0 Å². The van der Waals surface area contributed by atoms with Crippen LogP contribution < -0.4 is 15.9 Å². The van der Waals surface area contributed by atoms with E-state index in [2.05, 4.69) is 175 Å². The van der Waals surface area contributed by atoms with Crippen molar-refractivity contribution in [2.75, 3.05) is 13.2 Å². The number of fused-ring (bicyclic) bond motifs is 2. The molecule has 8 aromatic rings. The Labute approximate surface area is 365 Å². The number of hydrogen-bond acceptors (Lipinski definition) is 6. The molecule has 6 aromatic carbocycles. The van der Waals surface area contributed by atoms with E-state index in [9.17, 15) is 0 Å². The molecule has 0 unspecified atom stereocenters. The molecule has 0 saturated carbocycles. The van der Waals surface area contributed by atoms with Crippen molar-refractivity contribution >= 4 is 68.6 Å². The van der Waals surface area contributed by atoms with Gasteiger partial charge in [-0.05, 0) is 0 Å². The zero-order chi connectivity index (χ0) is 40.9. The van der Waals surface area contributed by atoms with Crippen LogP contribution in [0.3, 0.4) is 0 Å². The summed E-state index contributed by atoms with van der Waals surface area (Å²) in [6, 6.07) is 53.7. The first kappa shape index (κ1) is 39.7. The topological polar surface area (TPSA) is 60.8 Å². The normalized spacial score (nSPS) is 15.0. The van der Waals surface area contributed by atoms with E-state index in [4.69, 9.17) is 23.5 Å². The van der Waals surface area contributed by atoms with Crippen molar-refractivity contribution in [3.05, 3.63) is 197 Å². The van der Waals surface area contributed by atoms with Gasteiger partial charge in [0.05, 0.1) is 0 Å². The fourth-order valence-electron chi connectivity index (χ4n) is 8.26. The second-order valence-electron chi connectivity index (χ2n) is 14.4. The zero-order valence-corrected chi connectivity index (χ0v) is 37.5. The Kier molecular flexibility index (Phi) is 11.8. The van der Waals surface area contributed by atoms with Gasteiger partial charge in [-0.15, -0.1) is 0 Å². The summed E-state index contributed by atoms with van der Waals surface area (Å²) < 4.78 is 20.4. The van der Waals surface area contributed by atoms with Crippen molar-refractivity contribution in [2.45, 2.75) is 20.3 Å². The Morgan fingerprint density at radius 1 is 0.650 bits per heavy atom. The summed E-state index contributed by atoms with van der Waals surface area (Å²) in [4.78, 5) is 11.4. The van der Waals surface area contributed by atoms with E-state index < -0.39 is 7.26 Å². The molecular formula is C52H41N4OOsPS+. The fraction of sp³-hybridized carbons (Fsp3) is 0.0962. The van der Waals surface area contributed by atoms with Crippen LogP contribution in [0, 0.1) is 4.37 Å². The summed E-state index contributed by atoms with van der Waals surface area (Å²) in [7, 11) is -2.70. The number of nitrogens with zero attached hydrogens (tertiary/aromatic N) is 4. The minimum absolute atomic E-state index is 0.494. The van der Waals surface area contributed by atoms with Crippen LogP contribution in [0.1, 0.15) is 31.4 Å². The summed E-state index contributed by atoms with van der Waals surface area (Å²) in [5, 5.41) is 4.77. The van der Waals surface area contributed by atoms with Crippen molar-refractivity contribution in [2.24, 2.45) is 0 Å². The van der Waals surface area contributed by atoms with Crippen LogP contribution in [0.2, 0.25) is 0 Å². The van der Waals surface area contributed by atoms with Crippen LogP contribution >= 0.6 is 19.0 Å². The Morgan fingerprint density at radius 2 is 1.13 bits per heavy atom. The van der Waals surface area contributed by atoms with Crippen LogP contribution in [0.25, 0.3) is 56.2 Å². The molecule has 0 aliphatic carbocycles. The molecule has 1 fully saturated rings. The van der Waals surface area contributed by atoms with E-state index in [-0.39, 0.29) is 0 Å². The number of hydrogen-bond donors (Lipinski definition) is 0. The van der Waals surface area contributed by atoms with Gasteiger partial charge in [0.25, 0.3) is 0 Å². The van der Waals surface area contributed by atoms with Crippen molar-refractivity contribution < 1.29 is 22.7 Å². The van der Waals surface area contributed by atoms with Gasteiger partial charge in [0.1, 0.15) is 0 Å². The molecule has 0 amide bonds. The molecule has 0 N–H and O–H groups in total. The molecule has 0 bridgehead atoms. The summed E-state index contributed by atoms with van der Waals surface area (Å²) >= 11 is 3.01. The van der Waals surface area contributed by atoms with Crippen LogP contribution in [0.15, 0.2) is 186 Å². The predicted octanol–water partition coefficient (Wildman–Crippen LogP) is 11.5. The van der Waals surface area contributed by atoms with Gasteiger partial charge in [0.2, 0.25) is 0 Å². The van der Waals surface area contributed by atoms with E-state index in [1.54, 1.807) is 17.9 Å². The summed E-state index contributed by atoms with van der Waals surface area (Å²) in [6.07, 6.45) is 9.70. The number of benzene rings is 6. The summed E-state index contributed by atoms with van der Waals surface area (Å²) in [5.74, 6) is 0. The molecule has 0 radical (unpaired) electrons. The third kappa shape index (κ3) is 7.18. The van der Waals surface area contributed by atoms with Crippen molar-refractivity contribution in [3.8, 4) is 26.9 Å². The molecule has 9 rings (SSSR count). The maximum absolute atomic E-state index is 6.23. The van der Waals surface area contributed by atoms with Crippen molar-refractivity contribution in [1.29, 1.82) is 0 Å². The van der Waals surface area contributed by atoms with Gasteiger partial charge in [-0.1, -0.05) is 0 Å². The first-order valence-electron chi connectivity index (χ1n) is 20.0. The number of ether oxygens (including phenoxy) is 1. The molecule has 0 spiro atoms. The zero-order valence-electron chi connectivity index (χ0n) is 33.3. The van der Waals surface area contributed by atoms with E-state index in [1.165, 1.54) is 33.2 Å². The van der Waals surface area contributed by atoms with E-state index in [1.807, 2.05) is 19.1 Å². The number of aromatic nitrogens is 4. The number of allylic oxidation sites excluding steroid dienone is 5. The van der Waals surface area contributed by atoms with Gasteiger partial charge >= 0.3 is 368 Å². The van der Waals surface area contributed by atoms with Gasteiger partial charge < -0.3 is 0 Å². The predicted molar refractivity (Wildman–Crippen MR) is 249 cm³/mol. The Hall–Kier alpha value is -5.75. The van der Waals surface area contributed by atoms with Crippen molar-refractivity contribution in [1.82, 2.24) is 18.7 Å². The molecule has 5 nitrogen and oxygen atoms in total. The second-order valence-corrected chi connectivity index (χ2v) is 18.9. The van der Waals surface area contributed by atoms with Gasteiger partial charge in [-0.3, -0.25) is 0 Å². The Bertz CT molecular complexity index is 2900. The Balaban J connectivity index is 1.54. The molecular weight excluding hydrogens is 950 g/mol. The minimum atomic E-state index is -2.70. The maximum atomic E-state index is 6.23. The monoisotopic (exact) mass is 992 g/mol.